The quantitative estimate of drug-likeness (QED) is 0.0122. The second-order valence-electron chi connectivity index (χ2n) is 26.4. The summed E-state index contributed by atoms with van der Waals surface area (Å²) in [7, 11) is -2.25. The number of amides is 1. The number of aromatic hydroxyl groups is 9. The number of benzene rings is 11. The van der Waals surface area contributed by atoms with Crippen molar-refractivity contribution in [1.29, 1.82) is 0 Å². The average molecular weight is 1880 g/mol. The molecule has 12 N–H and O–H groups in total. The van der Waals surface area contributed by atoms with E-state index in [0.717, 1.165) is 83.8 Å². The molecule has 12 rings (SSSR count). The molecule has 0 saturated carbocycles. The minimum absolute atomic E-state index is 0.0182. The number of alkyl halides is 6. The number of carbonyl (C=O) groups excluding carboxylic acids is 8. The Labute approximate surface area is 750 Å². The van der Waals surface area contributed by atoms with Crippen LogP contribution in [0.25, 0.3) is 16.8 Å². The molecule has 1 heterocycles. The Morgan fingerprint density at radius 3 is 1.40 bits per heavy atom. The number of aromatic nitrogens is 1. The van der Waals surface area contributed by atoms with Crippen LogP contribution < -0.4 is 33.5 Å². The van der Waals surface area contributed by atoms with Gasteiger partial charge in [0, 0.05) is 104 Å². The van der Waals surface area contributed by atoms with Gasteiger partial charge in [-0.05, 0) is 195 Å². The van der Waals surface area contributed by atoms with Crippen molar-refractivity contribution in [1.82, 2.24) is 4.57 Å². The Balaban J connectivity index is 0.000000309. The first-order chi connectivity index (χ1) is 61.7. The van der Waals surface area contributed by atoms with Gasteiger partial charge in [-0.25, -0.2) is 13.2 Å². The van der Waals surface area contributed by atoms with Gasteiger partial charge in [-0.2, -0.15) is 21.6 Å². The molecule has 0 aliphatic rings. The number of aryl methyl sites for hydroxylation is 1. The topological polar surface area (TPSA) is 487 Å². The summed E-state index contributed by atoms with van der Waals surface area (Å²) >= 11 is -0.252. The predicted molar refractivity (Wildman–Crippen MR) is 477 cm³/mol. The van der Waals surface area contributed by atoms with Crippen LogP contribution in [0.2, 0.25) is 0 Å². The highest BCUT2D eigenvalue weighted by Gasteiger charge is 2.32. The second-order valence-corrected chi connectivity index (χ2v) is 30.8. The number of nitrogens with one attached hydrogen (secondary N) is 2. The molecule has 0 atom stereocenters. The van der Waals surface area contributed by atoms with Crippen molar-refractivity contribution < 1.29 is 151 Å². The Bertz CT molecular complexity index is 6110. The third-order valence-electron chi connectivity index (χ3n) is 16.7. The van der Waals surface area contributed by atoms with E-state index in [1.165, 1.54) is 92.9 Å². The zero-order valence-electron chi connectivity index (χ0n) is 70.4. The van der Waals surface area contributed by atoms with Crippen LogP contribution in [0.1, 0.15) is 109 Å². The third-order valence-corrected chi connectivity index (χ3v) is 19.3. The van der Waals surface area contributed by atoms with Crippen molar-refractivity contribution in [2.75, 3.05) is 60.4 Å². The van der Waals surface area contributed by atoms with Gasteiger partial charge in [-0.1, -0.05) is 54.6 Å². The number of sulfonamides is 1. The van der Waals surface area contributed by atoms with Gasteiger partial charge in [0.1, 0.15) is 63.1 Å². The van der Waals surface area contributed by atoms with E-state index < -0.39 is 49.5 Å². The molecule has 0 unspecified atom stereocenters. The highest BCUT2D eigenvalue weighted by molar-refractivity contribution is 8.00. The molecule has 0 saturated heterocycles. The molecule has 0 radical (unpaired) electrons. The number of anilines is 4. The normalized spacial score (nSPS) is 10.4. The summed E-state index contributed by atoms with van der Waals surface area (Å²) in [6.45, 7) is 9.14. The number of ether oxygens (including phenoxy) is 2. The van der Waals surface area contributed by atoms with E-state index in [1.54, 1.807) is 83.7 Å². The van der Waals surface area contributed by atoms with Gasteiger partial charge in [0.2, 0.25) is 5.91 Å². The van der Waals surface area contributed by atoms with Gasteiger partial charge >= 0.3 is 28.0 Å². The largest absolute Gasteiger partial charge is 0.573 e. The van der Waals surface area contributed by atoms with Crippen molar-refractivity contribution >= 4 is 111 Å². The summed E-state index contributed by atoms with van der Waals surface area (Å²) in [5, 5.41) is 94.8. The first kappa shape index (κ1) is 107. The lowest BCUT2D eigenvalue weighted by molar-refractivity contribution is -0.274. The maximum absolute atomic E-state index is 12.0. The van der Waals surface area contributed by atoms with Crippen LogP contribution in [0.15, 0.2) is 253 Å². The molecule has 31 nitrogen and oxygen atoms in total. The van der Waals surface area contributed by atoms with E-state index in [4.69, 9.17) is 15.3 Å². The fourth-order valence-corrected chi connectivity index (χ4v) is 12.6. The van der Waals surface area contributed by atoms with Crippen LogP contribution in [0.3, 0.4) is 0 Å². The van der Waals surface area contributed by atoms with E-state index in [0.29, 0.717) is 65.8 Å². The lowest BCUT2D eigenvalue weighted by Crippen LogP contribution is -2.21. The van der Waals surface area contributed by atoms with Crippen LogP contribution >= 0.6 is 11.8 Å². The van der Waals surface area contributed by atoms with Gasteiger partial charge in [0.15, 0.2) is 55.5 Å². The number of phenols is 9. The Morgan fingerprint density at radius 2 is 0.931 bits per heavy atom. The number of carboxylic acids is 1. The number of hydrogen-bond donors (Lipinski definition) is 12. The molecule has 0 bridgehead atoms. The zero-order chi connectivity index (χ0) is 98.1. The lowest BCUT2D eigenvalue weighted by Gasteiger charge is -2.21. The van der Waals surface area contributed by atoms with Crippen molar-refractivity contribution in [3.8, 4) is 85.8 Å². The summed E-state index contributed by atoms with van der Waals surface area (Å²) in [6, 6.07) is 57.1. The number of hydrogen-bond acceptors (Lipinski definition) is 28. The third kappa shape index (κ3) is 36.9. The number of aldehydes is 7. The Morgan fingerprint density at radius 1 is 0.473 bits per heavy atom. The molecule has 1 aromatic heterocycles. The average Bonchev–Trinajstić information content (AvgIpc) is 1.69. The number of nitrogens with zero attached hydrogens (tertiary/aromatic N) is 3. The van der Waals surface area contributed by atoms with Gasteiger partial charge < -0.3 is 84.4 Å². The molecule has 0 fully saturated rings. The SMILES string of the molecule is CC(=O)Nc1ccc(C=O)c(O)c1.CCN(CC)c1ccc(C=O)c(O)c1.COc1cc(SC(F)(F)F)ccc1O.CS(=O)(=O)Oc1ccc(C=O)c(O)c1.Cc1cc(C=O)c(O)cc1N(C)C.O=C(O)c1cc(-n2cccc2)ccc1O.O=Cc1cc(-c2ccccc2)ccc1O.O=Cc1cc(OC(F)(F)F)ccc1O.O=Cc1ccc(NS(=O)(=O)c2ccccc2)cc1O. The number of carboxylic acid groups (broad SMARTS) is 1. The molecule has 12 aromatic rings. The summed E-state index contributed by atoms with van der Waals surface area (Å²) < 4.78 is 133. The molecule has 40 heteroatoms. The molecule has 131 heavy (non-hydrogen) atoms. The van der Waals surface area contributed by atoms with Crippen LogP contribution in [0.5, 0.6) is 69.0 Å². The molecule has 0 spiro atoms. The molecule has 692 valence electrons. The van der Waals surface area contributed by atoms with Crippen molar-refractivity contribution in [2.24, 2.45) is 0 Å². The monoisotopic (exact) mass is 1880 g/mol. The number of carbonyl (C=O) groups is 9. The zero-order valence-corrected chi connectivity index (χ0v) is 72.8. The number of methoxy groups -OCH3 is 1. The number of phenolic OH excluding ortho intramolecular Hbond substituents is 8. The smallest absolute Gasteiger partial charge is 0.507 e. The summed E-state index contributed by atoms with van der Waals surface area (Å²) in [5.41, 5.74) is 2.83. The molecule has 0 aliphatic carbocycles. The van der Waals surface area contributed by atoms with Crippen molar-refractivity contribution in [3.63, 3.8) is 0 Å². The minimum Gasteiger partial charge on any atom is -0.507 e. The lowest BCUT2D eigenvalue weighted by atomic mass is 10.0. The Hall–Kier alpha value is -15.8. The summed E-state index contributed by atoms with van der Waals surface area (Å²) in [5.74, 6) is -3.34. The molecular formula is C91H87F6N5O26S3. The highest BCUT2D eigenvalue weighted by Crippen LogP contribution is 2.41. The van der Waals surface area contributed by atoms with Crippen LogP contribution in [0, 0.1) is 6.92 Å². The van der Waals surface area contributed by atoms with E-state index in [1.807, 2.05) is 88.3 Å². The van der Waals surface area contributed by atoms with Crippen LogP contribution in [0.4, 0.5) is 49.1 Å². The van der Waals surface area contributed by atoms with Crippen LogP contribution in [-0.4, -0.2) is 181 Å². The standard InChI is InChI=1S/C13H11NO4S.C13H10O2.C11H9NO3.C11H15NO2.C10H13NO2.C9H9NO3.C8H5F3O3.C8H7F3O2S.C8H8O5S/c15-9-10-6-7-11(8-13(10)16)14-19(17,18)12-4-2-1-3-5-12;14-9-12-8-11(6-7-13(12)15)10-4-2-1-3-5-10;13-10-4-3-8(7-9(10)11(14)15)12-5-1-2-6-12;1-3-12(4-2)10-6-5-9(8-13)11(14)7-10;1-7-4-8(6-12)10(13)5-9(7)11(2)3;1-6(12)10-8-3-2-7(5-11)9(13)4-8;9-8(10,11)14-6-1-2-7(13)5(3-6)4-12;1-13-7-4-5(2-3-6(7)12)14-8(9,10)11;1-14(11,12)13-7-3-2-6(5-9)8(10)4-7/h1-9,14,16H;1-9,15H;1-7,13H,(H,14,15);5-8,14H,3-4H2,1-2H3;4-6,13H,1-3H3;2-5,13H,1H3,(H,10,12);1-4,13H;2-4,12H,1H3;2-5,10H,1H3. The summed E-state index contributed by atoms with van der Waals surface area (Å²) in [6.07, 6.45) is 3.38. The van der Waals surface area contributed by atoms with Gasteiger partial charge in [0.05, 0.1) is 62.9 Å². The first-order valence-electron chi connectivity index (χ1n) is 37.5. The fraction of sp³-hybridized carbons (Fsp3) is 0.132. The molecular weight excluding hydrogens is 1790 g/mol. The van der Waals surface area contributed by atoms with Crippen molar-refractivity contribution in [3.05, 3.63) is 293 Å². The van der Waals surface area contributed by atoms with E-state index in [9.17, 15) is 122 Å². The molecule has 11 aromatic carbocycles. The highest BCUT2D eigenvalue weighted by atomic mass is 32.2. The van der Waals surface area contributed by atoms with Gasteiger partial charge in [-0.15, -0.1) is 13.2 Å². The number of thioether (sulfide) groups is 1. The van der Waals surface area contributed by atoms with Crippen LogP contribution in [-0.2, 0) is 24.9 Å². The predicted octanol–water partition coefficient (Wildman–Crippen LogP) is 17.2. The van der Waals surface area contributed by atoms with Crippen molar-refractivity contribution in [2.45, 2.75) is 49.4 Å². The summed E-state index contributed by atoms with van der Waals surface area (Å²) in [4.78, 5) is 98.5. The molecule has 0 aliphatic heterocycles. The van der Waals surface area contributed by atoms with Gasteiger partial charge in [0.25, 0.3) is 10.0 Å². The second kappa shape index (κ2) is 51.7. The molecule has 1 amide bonds. The number of rotatable bonds is 23. The van der Waals surface area contributed by atoms with E-state index >= 15 is 0 Å². The van der Waals surface area contributed by atoms with Gasteiger partial charge in [-0.3, -0.25) is 43.1 Å². The first-order valence-corrected chi connectivity index (χ1v) is 41.6. The fourth-order valence-electron chi connectivity index (χ4n) is 10.5. The Kier molecular flexibility index (Phi) is 42.4. The maximum atomic E-state index is 12.0. The maximum Gasteiger partial charge on any atom is 0.573 e. The number of halogens is 6. The van der Waals surface area contributed by atoms with E-state index in [-0.39, 0.29) is 125 Å². The van der Waals surface area contributed by atoms with E-state index in [2.05, 4.69) is 28.6 Å². The minimum atomic E-state index is -4.81. The number of aromatic carboxylic acids is 1.